The molecule has 8 heteroatoms. The number of imide groups is 1. The number of thioether (sulfide) groups is 2. The van der Waals surface area contributed by atoms with Crippen molar-refractivity contribution in [2.45, 2.75) is 11.4 Å². The van der Waals surface area contributed by atoms with Gasteiger partial charge in [0.25, 0.3) is 5.24 Å². The van der Waals surface area contributed by atoms with Crippen LogP contribution >= 0.6 is 35.1 Å². The van der Waals surface area contributed by atoms with Crippen LogP contribution in [-0.4, -0.2) is 33.5 Å². The lowest BCUT2D eigenvalue weighted by molar-refractivity contribution is -0.125. The molecule has 3 rings (SSSR count). The Balaban J connectivity index is 1.52. The zero-order valence-corrected chi connectivity index (χ0v) is 16.0. The number of halogens is 1. The second-order valence-corrected chi connectivity index (χ2v) is 7.85. The van der Waals surface area contributed by atoms with E-state index >= 15 is 0 Å². The first-order valence-corrected chi connectivity index (χ1v) is 10.1. The molecule has 1 aliphatic heterocycles. The highest BCUT2D eigenvalue weighted by Gasteiger charge is 2.29. The molecule has 0 aliphatic carbocycles. The Kier molecular flexibility index (Phi) is 6.24. The summed E-state index contributed by atoms with van der Waals surface area (Å²) in [5.41, 5.74) is 1.49. The maximum atomic E-state index is 12.1. The van der Waals surface area contributed by atoms with Crippen molar-refractivity contribution in [1.29, 1.82) is 0 Å². The first-order valence-electron chi connectivity index (χ1n) is 7.76. The van der Waals surface area contributed by atoms with Crippen LogP contribution in [-0.2, 0) is 16.1 Å². The molecule has 1 N–H and O–H groups in total. The zero-order chi connectivity index (χ0) is 18.5. The standard InChI is InChI=1S/C18H15ClN2O3S2/c19-14-3-1-2-4-15(14)25-10-16(22)20-13-7-5-12(6-8-13)9-21-17(23)11-26-18(21)24/h1-8H,9-11H2,(H,20,22). The van der Waals surface area contributed by atoms with Crippen LogP contribution in [0.15, 0.2) is 53.4 Å². The summed E-state index contributed by atoms with van der Waals surface area (Å²) in [5.74, 6) is 0.146. The Morgan fingerprint density at radius 3 is 2.54 bits per heavy atom. The maximum Gasteiger partial charge on any atom is 0.289 e. The van der Waals surface area contributed by atoms with E-state index in [9.17, 15) is 14.4 Å². The fraction of sp³-hybridized carbons (Fsp3) is 0.167. The first-order chi connectivity index (χ1) is 12.5. The van der Waals surface area contributed by atoms with Crippen LogP contribution in [0.3, 0.4) is 0 Å². The van der Waals surface area contributed by atoms with Crippen LogP contribution in [0.1, 0.15) is 5.56 Å². The predicted octanol–water partition coefficient (Wildman–Crippen LogP) is 4.27. The third-order valence-corrected chi connectivity index (χ3v) is 5.99. The maximum absolute atomic E-state index is 12.1. The molecule has 1 saturated heterocycles. The molecule has 1 fully saturated rings. The summed E-state index contributed by atoms with van der Waals surface area (Å²) in [5, 5.41) is 3.22. The van der Waals surface area contributed by atoms with E-state index in [1.165, 1.54) is 16.7 Å². The van der Waals surface area contributed by atoms with E-state index in [1.807, 2.05) is 18.2 Å². The first kappa shape index (κ1) is 18.8. The number of hydrogen-bond acceptors (Lipinski definition) is 5. The molecule has 0 atom stereocenters. The summed E-state index contributed by atoms with van der Waals surface area (Å²) < 4.78 is 0. The van der Waals surface area contributed by atoms with E-state index in [2.05, 4.69) is 5.32 Å². The quantitative estimate of drug-likeness (QED) is 0.726. The number of carbonyl (C=O) groups is 3. The molecule has 0 bridgehead atoms. The minimum absolute atomic E-state index is 0.135. The molecule has 2 aromatic rings. The van der Waals surface area contributed by atoms with Crippen LogP contribution in [0.25, 0.3) is 0 Å². The van der Waals surface area contributed by atoms with E-state index in [4.69, 9.17) is 11.6 Å². The lowest BCUT2D eigenvalue weighted by Crippen LogP contribution is -2.27. The summed E-state index contributed by atoms with van der Waals surface area (Å²) >= 11 is 8.46. The molecule has 0 aromatic heterocycles. The molecule has 26 heavy (non-hydrogen) atoms. The van der Waals surface area contributed by atoms with Gasteiger partial charge >= 0.3 is 0 Å². The number of hydrogen-bond donors (Lipinski definition) is 1. The summed E-state index contributed by atoms with van der Waals surface area (Å²) in [4.78, 5) is 37.4. The Morgan fingerprint density at radius 1 is 1.15 bits per heavy atom. The smallest absolute Gasteiger partial charge is 0.289 e. The third kappa shape index (κ3) is 4.81. The number of carbonyl (C=O) groups excluding carboxylic acids is 3. The Bertz CT molecular complexity index is 827. The Hall–Kier alpha value is -1.96. The van der Waals surface area contributed by atoms with Gasteiger partial charge in [-0.25, -0.2) is 0 Å². The van der Waals surface area contributed by atoms with Crippen LogP contribution in [0, 0.1) is 0 Å². The monoisotopic (exact) mass is 406 g/mol. The lowest BCUT2D eigenvalue weighted by atomic mass is 10.2. The highest BCUT2D eigenvalue weighted by molar-refractivity contribution is 8.14. The second kappa shape index (κ2) is 8.62. The van der Waals surface area contributed by atoms with Crippen molar-refractivity contribution in [1.82, 2.24) is 4.90 Å². The van der Waals surface area contributed by atoms with E-state index in [0.717, 1.165) is 22.2 Å². The average Bonchev–Trinajstić information content (AvgIpc) is 2.94. The van der Waals surface area contributed by atoms with E-state index in [0.29, 0.717) is 10.7 Å². The van der Waals surface area contributed by atoms with Crippen LogP contribution in [0.5, 0.6) is 0 Å². The van der Waals surface area contributed by atoms with E-state index in [1.54, 1.807) is 30.3 Å². The number of anilines is 1. The minimum Gasteiger partial charge on any atom is -0.325 e. The molecule has 2 aromatic carbocycles. The molecule has 1 heterocycles. The largest absolute Gasteiger partial charge is 0.325 e. The van der Waals surface area contributed by atoms with Gasteiger partial charge in [0.05, 0.1) is 23.1 Å². The van der Waals surface area contributed by atoms with Crippen molar-refractivity contribution in [3.63, 3.8) is 0 Å². The third-order valence-electron chi connectivity index (χ3n) is 3.61. The number of benzene rings is 2. The average molecular weight is 407 g/mol. The van der Waals surface area contributed by atoms with Gasteiger partial charge in [-0.2, -0.15) is 0 Å². The van der Waals surface area contributed by atoms with E-state index in [-0.39, 0.29) is 35.1 Å². The predicted molar refractivity (Wildman–Crippen MR) is 106 cm³/mol. The van der Waals surface area contributed by atoms with Gasteiger partial charge in [0, 0.05) is 10.6 Å². The summed E-state index contributed by atoms with van der Waals surface area (Å²) in [6, 6.07) is 14.5. The van der Waals surface area contributed by atoms with Crippen LogP contribution in [0.4, 0.5) is 10.5 Å². The van der Waals surface area contributed by atoms with Gasteiger partial charge in [-0.05, 0) is 29.8 Å². The second-order valence-electron chi connectivity index (χ2n) is 5.50. The number of amides is 3. The molecule has 5 nitrogen and oxygen atoms in total. The molecule has 1 aliphatic rings. The van der Waals surface area contributed by atoms with Gasteiger partial charge < -0.3 is 5.32 Å². The summed E-state index contributed by atoms with van der Waals surface area (Å²) in [6.45, 7) is 0.251. The molecule has 0 unspecified atom stereocenters. The molecule has 0 spiro atoms. The SMILES string of the molecule is O=C(CSc1ccccc1Cl)Nc1ccc(CN2C(=O)CSC2=O)cc1. The van der Waals surface area contributed by atoms with Crippen LogP contribution < -0.4 is 5.32 Å². The van der Waals surface area contributed by atoms with Gasteiger partial charge in [-0.15, -0.1) is 11.8 Å². The highest BCUT2D eigenvalue weighted by atomic mass is 35.5. The highest BCUT2D eigenvalue weighted by Crippen LogP contribution is 2.26. The van der Waals surface area contributed by atoms with Crippen LogP contribution in [0.2, 0.25) is 5.02 Å². The van der Waals surface area contributed by atoms with Gasteiger partial charge in [0.15, 0.2) is 0 Å². The fourth-order valence-electron chi connectivity index (χ4n) is 2.31. The number of rotatable bonds is 6. The summed E-state index contributed by atoms with van der Waals surface area (Å²) in [6.07, 6.45) is 0. The Labute approximate surface area is 164 Å². The van der Waals surface area contributed by atoms with Gasteiger partial charge in [0.2, 0.25) is 11.8 Å². The Morgan fingerprint density at radius 2 is 1.88 bits per heavy atom. The van der Waals surface area contributed by atoms with Crippen molar-refractivity contribution >= 4 is 57.9 Å². The van der Waals surface area contributed by atoms with E-state index < -0.39 is 0 Å². The molecule has 0 radical (unpaired) electrons. The van der Waals surface area contributed by atoms with Crippen molar-refractivity contribution in [3.8, 4) is 0 Å². The number of nitrogens with zero attached hydrogens (tertiary/aromatic N) is 1. The van der Waals surface area contributed by atoms with Crippen molar-refractivity contribution in [2.75, 3.05) is 16.8 Å². The topological polar surface area (TPSA) is 66.5 Å². The molecule has 3 amide bonds. The lowest BCUT2D eigenvalue weighted by Gasteiger charge is -2.13. The normalized spacial score (nSPS) is 14.0. The van der Waals surface area contributed by atoms with Gasteiger partial charge in [-0.3, -0.25) is 19.3 Å². The fourth-order valence-corrected chi connectivity index (χ4v) is 4.08. The minimum atomic E-state index is -0.219. The molecular formula is C18H15ClN2O3S2. The zero-order valence-electron chi connectivity index (χ0n) is 13.6. The molecule has 134 valence electrons. The van der Waals surface area contributed by atoms with Gasteiger partial charge in [-0.1, -0.05) is 47.6 Å². The molecule has 0 saturated carbocycles. The van der Waals surface area contributed by atoms with Gasteiger partial charge in [0.1, 0.15) is 0 Å². The molecular weight excluding hydrogens is 392 g/mol. The van der Waals surface area contributed by atoms with Crippen molar-refractivity contribution in [2.24, 2.45) is 0 Å². The summed E-state index contributed by atoms with van der Waals surface area (Å²) in [7, 11) is 0. The number of nitrogens with one attached hydrogen (secondary N) is 1. The van der Waals surface area contributed by atoms with Crippen molar-refractivity contribution in [3.05, 3.63) is 59.1 Å². The van der Waals surface area contributed by atoms with Crippen molar-refractivity contribution < 1.29 is 14.4 Å².